The van der Waals surface area contributed by atoms with Gasteiger partial charge in [0.25, 0.3) is 0 Å². The van der Waals surface area contributed by atoms with E-state index in [2.05, 4.69) is 44.3 Å². The van der Waals surface area contributed by atoms with Gasteiger partial charge in [-0.15, -0.1) is 0 Å². The molecule has 0 amide bonds. The Hall–Kier alpha value is -1.18. The monoisotopic (exact) mass is 193 g/mol. The van der Waals surface area contributed by atoms with Crippen LogP contribution in [0, 0.1) is 6.92 Å². The summed E-state index contributed by atoms with van der Waals surface area (Å²) in [4.78, 5) is 0. The Balaban J connectivity index is 2.83. The minimum Gasteiger partial charge on any atom is -0.494 e. The number of rotatable bonds is 4. The summed E-state index contributed by atoms with van der Waals surface area (Å²) in [6.07, 6.45) is 0. The molecule has 0 saturated heterocycles. The fraction of sp³-hybridized carbons (Fsp3) is 0.500. The van der Waals surface area contributed by atoms with E-state index in [0.717, 1.165) is 11.4 Å². The van der Waals surface area contributed by atoms with Gasteiger partial charge in [0.2, 0.25) is 0 Å². The number of hydrogen-bond acceptors (Lipinski definition) is 2. The molecule has 0 saturated carbocycles. The van der Waals surface area contributed by atoms with E-state index in [-0.39, 0.29) is 0 Å². The first-order valence-electron chi connectivity index (χ1n) is 5.13. The third kappa shape index (κ3) is 2.95. The standard InChI is InChI=1S/C12H19NO/c1-5-14-12-8-11(13-9(2)3)7-6-10(12)4/h6-9,13H,5H2,1-4H3. The van der Waals surface area contributed by atoms with Gasteiger partial charge in [-0.2, -0.15) is 0 Å². The normalized spacial score (nSPS) is 10.4. The van der Waals surface area contributed by atoms with Crippen LogP contribution in [0.5, 0.6) is 5.75 Å². The number of anilines is 1. The SMILES string of the molecule is CCOc1cc(NC(C)C)ccc1C. The summed E-state index contributed by atoms with van der Waals surface area (Å²) in [7, 11) is 0. The summed E-state index contributed by atoms with van der Waals surface area (Å²) >= 11 is 0. The molecule has 2 heteroatoms. The first-order valence-corrected chi connectivity index (χ1v) is 5.13. The van der Waals surface area contributed by atoms with Crippen LogP contribution >= 0.6 is 0 Å². The van der Waals surface area contributed by atoms with Gasteiger partial charge in [0.1, 0.15) is 5.75 Å². The van der Waals surface area contributed by atoms with Gasteiger partial charge < -0.3 is 10.1 Å². The molecule has 1 aromatic carbocycles. The minimum absolute atomic E-state index is 0.451. The molecular weight excluding hydrogens is 174 g/mol. The van der Waals surface area contributed by atoms with Gasteiger partial charge in [-0.05, 0) is 39.3 Å². The minimum atomic E-state index is 0.451. The molecule has 0 bridgehead atoms. The molecule has 1 aromatic rings. The quantitative estimate of drug-likeness (QED) is 0.792. The largest absolute Gasteiger partial charge is 0.494 e. The van der Waals surface area contributed by atoms with Crippen molar-refractivity contribution in [3.63, 3.8) is 0 Å². The molecule has 0 spiro atoms. The van der Waals surface area contributed by atoms with Gasteiger partial charge in [-0.25, -0.2) is 0 Å². The van der Waals surface area contributed by atoms with Crippen molar-refractivity contribution in [3.05, 3.63) is 23.8 Å². The fourth-order valence-corrected chi connectivity index (χ4v) is 1.33. The van der Waals surface area contributed by atoms with Crippen LogP contribution < -0.4 is 10.1 Å². The van der Waals surface area contributed by atoms with E-state index in [9.17, 15) is 0 Å². The van der Waals surface area contributed by atoms with Crippen LogP contribution in [0.15, 0.2) is 18.2 Å². The lowest BCUT2D eigenvalue weighted by Crippen LogP contribution is -2.09. The maximum Gasteiger partial charge on any atom is 0.124 e. The molecule has 0 aromatic heterocycles. The Morgan fingerprint density at radius 2 is 2.07 bits per heavy atom. The van der Waals surface area contributed by atoms with Gasteiger partial charge >= 0.3 is 0 Å². The highest BCUT2D eigenvalue weighted by Gasteiger charge is 2.01. The van der Waals surface area contributed by atoms with E-state index < -0.39 is 0 Å². The smallest absolute Gasteiger partial charge is 0.124 e. The zero-order chi connectivity index (χ0) is 10.6. The highest BCUT2D eigenvalue weighted by atomic mass is 16.5. The molecule has 0 atom stereocenters. The second-order valence-electron chi connectivity index (χ2n) is 3.71. The van der Waals surface area contributed by atoms with Gasteiger partial charge in [-0.3, -0.25) is 0 Å². The Kier molecular flexibility index (Phi) is 3.81. The zero-order valence-corrected chi connectivity index (χ0v) is 9.42. The van der Waals surface area contributed by atoms with E-state index in [1.54, 1.807) is 0 Å². The van der Waals surface area contributed by atoms with Crippen molar-refractivity contribution in [2.24, 2.45) is 0 Å². The Bertz CT molecular complexity index is 294. The van der Waals surface area contributed by atoms with Gasteiger partial charge in [-0.1, -0.05) is 6.07 Å². The molecule has 14 heavy (non-hydrogen) atoms. The summed E-state index contributed by atoms with van der Waals surface area (Å²) < 4.78 is 5.52. The van der Waals surface area contributed by atoms with Crippen molar-refractivity contribution in [1.29, 1.82) is 0 Å². The molecule has 1 N–H and O–H groups in total. The molecule has 0 fully saturated rings. The molecule has 0 radical (unpaired) electrons. The summed E-state index contributed by atoms with van der Waals surface area (Å²) in [5.74, 6) is 0.971. The maximum absolute atomic E-state index is 5.52. The lowest BCUT2D eigenvalue weighted by Gasteiger charge is -2.13. The van der Waals surface area contributed by atoms with Crippen molar-refractivity contribution in [1.82, 2.24) is 0 Å². The Labute approximate surface area is 86.3 Å². The predicted molar refractivity (Wildman–Crippen MR) is 61.1 cm³/mol. The van der Waals surface area contributed by atoms with E-state index >= 15 is 0 Å². The lowest BCUT2D eigenvalue weighted by atomic mass is 10.2. The molecule has 0 heterocycles. The molecule has 0 aliphatic heterocycles. The van der Waals surface area contributed by atoms with Crippen LogP contribution in [0.25, 0.3) is 0 Å². The van der Waals surface area contributed by atoms with Crippen molar-refractivity contribution in [3.8, 4) is 5.75 Å². The van der Waals surface area contributed by atoms with Crippen LogP contribution in [0.2, 0.25) is 0 Å². The number of ether oxygens (including phenoxy) is 1. The third-order valence-electron chi connectivity index (χ3n) is 1.94. The van der Waals surface area contributed by atoms with E-state index in [0.29, 0.717) is 12.6 Å². The van der Waals surface area contributed by atoms with Gasteiger partial charge in [0.15, 0.2) is 0 Å². The highest BCUT2D eigenvalue weighted by Crippen LogP contribution is 2.22. The summed E-state index contributed by atoms with van der Waals surface area (Å²) in [5.41, 5.74) is 2.30. The van der Waals surface area contributed by atoms with Crippen molar-refractivity contribution in [2.75, 3.05) is 11.9 Å². The first kappa shape index (κ1) is 10.9. The molecule has 78 valence electrons. The van der Waals surface area contributed by atoms with E-state index in [1.807, 2.05) is 6.92 Å². The average molecular weight is 193 g/mol. The second-order valence-corrected chi connectivity index (χ2v) is 3.71. The van der Waals surface area contributed by atoms with Crippen molar-refractivity contribution < 1.29 is 4.74 Å². The van der Waals surface area contributed by atoms with Gasteiger partial charge in [0, 0.05) is 17.8 Å². The van der Waals surface area contributed by atoms with E-state index in [1.165, 1.54) is 5.56 Å². The summed E-state index contributed by atoms with van der Waals surface area (Å²) in [5, 5.41) is 3.35. The molecule has 0 aliphatic rings. The highest BCUT2D eigenvalue weighted by molar-refractivity contribution is 5.51. The van der Waals surface area contributed by atoms with Gasteiger partial charge in [0.05, 0.1) is 6.61 Å². The topological polar surface area (TPSA) is 21.3 Å². The molecule has 0 aliphatic carbocycles. The van der Waals surface area contributed by atoms with Crippen LogP contribution in [-0.4, -0.2) is 12.6 Å². The molecule has 1 rings (SSSR count). The van der Waals surface area contributed by atoms with Crippen LogP contribution in [0.4, 0.5) is 5.69 Å². The third-order valence-corrected chi connectivity index (χ3v) is 1.94. The average Bonchev–Trinajstić information content (AvgIpc) is 2.10. The second kappa shape index (κ2) is 4.89. The van der Waals surface area contributed by atoms with Crippen LogP contribution in [0.1, 0.15) is 26.3 Å². The van der Waals surface area contributed by atoms with E-state index in [4.69, 9.17) is 4.74 Å². The number of hydrogen-bond donors (Lipinski definition) is 1. The maximum atomic E-state index is 5.52. The van der Waals surface area contributed by atoms with Crippen molar-refractivity contribution in [2.45, 2.75) is 33.7 Å². The number of nitrogens with one attached hydrogen (secondary N) is 1. The summed E-state index contributed by atoms with van der Waals surface area (Å²) in [6, 6.07) is 6.67. The molecular formula is C12H19NO. The molecule has 2 nitrogen and oxygen atoms in total. The lowest BCUT2D eigenvalue weighted by molar-refractivity contribution is 0.338. The summed E-state index contributed by atoms with van der Waals surface area (Å²) in [6.45, 7) is 9.03. The van der Waals surface area contributed by atoms with Crippen LogP contribution in [-0.2, 0) is 0 Å². The number of aryl methyl sites for hydroxylation is 1. The predicted octanol–water partition coefficient (Wildman–Crippen LogP) is 3.21. The number of benzene rings is 1. The Morgan fingerprint density at radius 1 is 1.36 bits per heavy atom. The zero-order valence-electron chi connectivity index (χ0n) is 9.42. The first-order chi connectivity index (χ1) is 6.63. The Morgan fingerprint density at radius 3 is 2.64 bits per heavy atom. The fourth-order valence-electron chi connectivity index (χ4n) is 1.33. The van der Waals surface area contributed by atoms with Crippen LogP contribution in [0.3, 0.4) is 0 Å². The molecule has 0 unspecified atom stereocenters. The van der Waals surface area contributed by atoms with Crippen molar-refractivity contribution >= 4 is 5.69 Å².